The molecule has 3 rings (SSSR count). The van der Waals surface area contributed by atoms with Crippen LogP contribution in [0.25, 0.3) is 0 Å². The molecule has 1 saturated heterocycles. The monoisotopic (exact) mass is 295 g/mol. The summed E-state index contributed by atoms with van der Waals surface area (Å²) >= 11 is 6.51. The van der Waals surface area contributed by atoms with E-state index in [2.05, 4.69) is 5.32 Å². The number of carbonyl (C=O) groups excluding carboxylic acids is 1. The van der Waals surface area contributed by atoms with Gasteiger partial charge in [0.2, 0.25) is 5.91 Å². The zero-order chi connectivity index (χ0) is 14.3. The molecule has 1 N–H and O–H groups in total. The third kappa shape index (κ3) is 2.22. The van der Waals surface area contributed by atoms with Crippen LogP contribution in [0.3, 0.4) is 0 Å². The van der Waals surface area contributed by atoms with Crippen molar-refractivity contribution in [2.75, 3.05) is 25.1 Å². The first kappa shape index (κ1) is 13.9. The number of fused-ring (bicyclic) bond motifs is 1. The summed E-state index contributed by atoms with van der Waals surface area (Å²) in [4.78, 5) is 11.9. The fourth-order valence-electron chi connectivity index (χ4n) is 2.65. The second-order valence-electron chi connectivity index (χ2n) is 5.77. The van der Waals surface area contributed by atoms with E-state index >= 15 is 0 Å². The number of hydrogen-bond acceptors (Lipinski definition) is 3. The van der Waals surface area contributed by atoms with Gasteiger partial charge < -0.3 is 14.8 Å². The van der Waals surface area contributed by atoms with Gasteiger partial charge in [0.15, 0.2) is 0 Å². The minimum absolute atomic E-state index is 0.0213. The summed E-state index contributed by atoms with van der Waals surface area (Å²) in [6, 6.07) is 5.86. The Labute approximate surface area is 123 Å². The molecule has 0 radical (unpaired) electrons. The van der Waals surface area contributed by atoms with E-state index in [0.717, 1.165) is 16.8 Å². The Hall–Kier alpha value is -1.10. The third-order valence-corrected chi connectivity index (χ3v) is 4.55. The number of benzene rings is 1. The average molecular weight is 296 g/mol. The maximum atomic E-state index is 11.9. The fourth-order valence-corrected chi connectivity index (χ4v) is 2.93. The SMILES string of the molecule is CC1(C)C(=O)Nc2ccc(C(Cl)C3COCCO3)cc21. The third-order valence-electron chi connectivity index (χ3n) is 4.02. The fraction of sp³-hybridized carbons (Fsp3) is 0.533. The van der Waals surface area contributed by atoms with Gasteiger partial charge in [-0.05, 0) is 31.0 Å². The van der Waals surface area contributed by atoms with Gasteiger partial charge in [0.1, 0.15) is 6.10 Å². The molecular formula is C15H18ClNO3. The Bertz CT molecular complexity index is 538. The van der Waals surface area contributed by atoms with E-state index in [9.17, 15) is 4.79 Å². The summed E-state index contributed by atoms with van der Waals surface area (Å²) in [6.45, 7) is 5.54. The van der Waals surface area contributed by atoms with Gasteiger partial charge in [-0.25, -0.2) is 0 Å². The molecule has 2 atom stereocenters. The highest BCUT2D eigenvalue weighted by molar-refractivity contribution is 6.21. The lowest BCUT2D eigenvalue weighted by Gasteiger charge is -2.27. The molecule has 2 aliphatic rings. The van der Waals surface area contributed by atoms with Gasteiger partial charge in [-0.3, -0.25) is 4.79 Å². The number of halogens is 1. The van der Waals surface area contributed by atoms with Crippen LogP contribution in [0.4, 0.5) is 5.69 Å². The Morgan fingerprint density at radius 1 is 1.40 bits per heavy atom. The topological polar surface area (TPSA) is 47.6 Å². The van der Waals surface area contributed by atoms with Gasteiger partial charge in [-0.2, -0.15) is 0 Å². The number of anilines is 1. The lowest BCUT2D eigenvalue weighted by atomic mass is 9.85. The Morgan fingerprint density at radius 2 is 2.20 bits per heavy atom. The average Bonchev–Trinajstić information content (AvgIpc) is 2.69. The van der Waals surface area contributed by atoms with Crippen LogP contribution >= 0.6 is 11.6 Å². The van der Waals surface area contributed by atoms with Gasteiger partial charge in [0, 0.05) is 5.69 Å². The molecule has 5 heteroatoms. The molecule has 0 saturated carbocycles. The number of carbonyl (C=O) groups is 1. The van der Waals surface area contributed by atoms with Crippen molar-refractivity contribution in [1.82, 2.24) is 0 Å². The highest BCUT2D eigenvalue weighted by Crippen LogP contribution is 2.40. The van der Waals surface area contributed by atoms with E-state index in [-0.39, 0.29) is 17.4 Å². The number of hydrogen-bond donors (Lipinski definition) is 1. The van der Waals surface area contributed by atoms with Gasteiger partial charge in [0.05, 0.1) is 30.6 Å². The predicted molar refractivity (Wildman–Crippen MR) is 77.3 cm³/mol. The number of ether oxygens (including phenoxy) is 2. The van der Waals surface area contributed by atoms with Crippen LogP contribution < -0.4 is 5.32 Å². The minimum Gasteiger partial charge on any atom is -0.376 e. The van der Waals surface area contributed by atoms with E-state index in [0.29, 0.717) is 19.8 Å². The zero-order valence-corrected chi connectivity index (χ0v) is 12.4. The molecule has 2 aliphatic heterocycles. The summed E-state index contributed by atoms with van der Waals surface area (Å²) in [5, 5.41) is 2.62. The highest BCUT2D eigenvalue weighted by atomic mass is 35.5. The molecule has 20 heavy (non-hydrogen) atoms. The van der Waals surface area contributed by atoms with Crippen molar-refractivity contribution in [2.24, 2.45) is 0 Å². The first-order chi connectivity index (χ1) is 9.50. The molecule has 2 heterocycles. The normalized spacial score (nSPS) is 25.9. The lowest BCUT2D eigenvalue weighted by Crippen LogP contribution is -2.32. The number of nitrogens with one attached hydrogen (secondary N) is 1. The molecule has 1 fully saturated rings. The van der Waals surface area contributed by atoms with E-state index in [1.54, 1.807) is 0 Å². The summed E-state index contributed by atoms with van der Waals surface area (Å²) in [7, 11) is 0. The van der Waals surface area contributed by atoms with Crippen molar-refractivity contribution in [3.05, 3.63) is 29.3 Å². The molecule has 0 spiro atoms. The van der Waals surface area contributed by atoms with Crippen LogP contribution in [0.15, 0.2) is 18.2 Å². The van der Waals surface area contributed by atoms with Gasteiger partial charge in [-0.15, -0.1) is 11.6 Å². The summed E-state index contributed by atoms with van der Waals surface area (Å²) in [6.07, 6.45) is -0.142. The summed E-state index contributed by atoms with van der Waals surface area (Å²) < 4.78 is 11.0. The van der Waals surface area contributed by atoms with Gasteiger partial charge in [-0.1, -0.05) is 12.1 Å². The maximum absolute atomic E-state index is 11.9. The molecule has 0 bridgehead atoms. The van der Waals surface area contributed by atoms with Crippen LogP contribution in [0.5, 0.6) is 0 Å². The second kappa shape index (κ2) is 5.02. The Morgan fingerprint density at radius 3 is 2.90 bits per heavy atom. The minimum atomic E-state index is -0.522. The quantitative estimate of drug-likeness (QED) is 0.853. The molecular weight excluding hydrogens is 278 g/mol. The van der Waals surface area contributed by atoms with Crippen LogP contribution in [0.2, 0.25) is 0 Å². The molecule has 4 nitrogen and oxygen atoms in total. The molecule has 1 aromatic rings. The van der Waals surface area contributed by atoms with Crippen molar-refractivity contribution in [3.8, 4) is 0 Å². The van der Waals surface area contributed by atoms with Crippen LogP contribution in [-0.2, 0) is 19.7 Å². The second-order valence-corrected chi connectivity index (χ2v) is 6.24. The Balaban J connectivity index is 1.89. The molecule has 0 aromatic heterocycles. The van der Waals surface area contributed by atoms with E-state index in [1.165, 1.54) is 0 Å². The zero-order valence-electron chi connectivity index (χ0n) is 11.6. The number of alkyl halides is 1. The Kier molecular flexibility index (Phi) is 3.48. The van der Waals surface area contributed by atoms with Gasteiger partial charge in [0.25, 0.3) is 0 Å². The van der Waals surface area contributed by atoms with Crippen LogP contribution in [0, 0.1) is 0 Å². The highest BCUT2D eigenvalue weighted by Gasteiger charge is 2.39. The van der Waals surface area contributed by atoms with E-state index < -0.39 is 5.41 Å². The van der Waals surface area contributed by atoms with Crippen molar-refractivity contribution in [1.29, 1.82) is 0 Å². The number of amides is 1. The molecule has 1 aromatic carbocycles. The van der Waals surface area contributed by atoms with Crippen LogP contribution in [-0.4, -0.2) is 31.8 Å². The standard InChI is InChI=1S/C15H18ClNO3/c1-15(2)10-7-9(3-4-11(10)17-14(15)18)13(16)12-8-19-5-6-20-12/h3-4,7,12-13H,5-6,8H2,1-2H3,(H,17,18). The predicted octanol–water partition coefficient (Wildman–Crippen LogP) is 2.61. The van der Waals surface area contributed by atoms with Crippen molar-refractivity contribution < 1.29 is 14.3 Å². The maximum Gasteiger partial charge on any atom is 0.234 e. The molecule has 2 unspecified atom stereocenters. The first-order valence-electron chi connectivity index (χ1n) is 6.79. The van der Waals surface area contributed by atoms with Crippen molar-refractivity contribution >= 4 is 23.2 Å². The molecule has 0 aliphatic carbocycles. The van der Waals surface area contributed by atoms with Crippen molar-refractivity contribution in [3.63, 3.8) is 0 Å². The van der Waals surface area contributed by atoms with Gasteiger partial charge >= 0.3 is 0 Å². The lowest BCUT2D eigenvalue weighted by molar-refractivity contribution is -0.119. The molecule has 1 amide bonds. The number of rotatable bonds is 2. The van der Waals surface area contributed by atoms with Crippen LogP contribution in [0.1, 0.15) is 30.4 Å². The summed E-state index contributed by atoms with van der Waals surface area (Å²) in [5.74, 6) is 0.0213. The first-order valence-corrected chi connectivity index (χ1v) is 7.23. The van der Waals surface area contributed by atoms with Crippen molar-refractivity contribution in [2.45, 2.75) is 30.7 Å². The smallest absolute Gasteiger partial charge is 0.234 e. The molecule has 108 valence electrons. The van der Waals surface area contributed by atoms with E-state index in [4.69, 9.17) is 21.1 Å². The summed E-state index contributed by atoms with van der Waals surface area (Å²) in [5.41, 5.74) is 2.30. The van der Waals surface area contributed by atoms with E-state index in [1.807, 2.05) is 32.0 Å². The largest absolute Gasteiger partial charge is 0.376 e.